The van der Waals surface area contributed by atoms with E-state index < -0.39 is 0 Å². The van der Waals surface area contributed by atoms with Gasteiger partial charge in [0.1, 0.15) is 6.61 Å². The molecule has 0 saturated carbocycles. The van der Waals surface area contributed by atoms with E-state index in [1.807, 2.05) is 43.4 Å². The molecule has 0 aliphatic heterocycles. The molecule has 0 radical (unpaired) electrons. The Morgan fingerprint density at radius 3 is 2.50 bits per heavy atom. The Bertz CT molecular complexity index is 836. The van der Waals surface area contributed by atoms with Gasteiger partial charge in [0, 0.05) is 17.1 Å². The Balaban J connectivity index is 1.51. The SMILES string of the molecule is COc1ccccc1OCCN(C)Cc1nnc(-c2ccc(Cl)cc2)o1. The van der Waals surface area contributed by atoms with Crippen LogP contribution in [-0.4, -0.2) is 42.4 Å². The lowest BCUT2D eigenvalue weighted by molar-refractivity contribution is 0.215. The summed E-state index contributed by atoms with van der Waals surface area (Å²) in [5.41, 5.74) is 0.843. The quantitative estimate of drug-likeness (QED) is 0.596. The second-order valence-corrected chi connectivity index (χ2v) is 6.18. The van der Waals surface area contributed by atoms with Crippen LogP contribution < -0.4 is 9.47 Å². The highest BCUT2D eigenvalue weighted by Crippen LogP contribution is 2.25. The van der Waals surface area contributed by atoms with Gasteiger partial charge in [-0.2, -0.15) is 0 Å². The number of methoxy groups -OCH3 is 1. The number of rotatable bonds is 8. The fourth-order valence-corrected chi connectivity index (χ4v) is 2.51. The second-order valence-electron chi connectivity index (χ2n) is 5.74. The lowest BCUT2D eigenvalue weighted by Crippen LogP contribution is -2.24. The van der Waals surface area contributed by atoms with Gasteiger partial charge < -0.3 is 13.9 Å². The molecule has 7 heteroatoms. The van der Waals surface area contributed by atoms with E-state index in [2.05, 4.69) is 15.1 Å². The van der Waals surface area contributed by atoms with E-state index in [1.165, 1.54) is 0 Å². The maximum absolute atomic E-state index is 5.89. The highest BCUT2D eigenvalue weighted by Gasteiger charge is 2.11. The van der Waals surface area contributed by atoms with Crippen molar-refractivity contribution in [3.05, 3.63) is 59.4 Å². The zero-order valence-electron chi connectivity index (χ0n) is 14.7. The van der Waals surface area contributed by atoms with E-state index in [0.717, 1.165) is 17.1 Å². The minimum atomic E-state index is 0.482. The molecule has 3 rings (SSSR count). The van der Waals surface area contributed by atoms with Gasteiger partial charge in [-0.15, -0.1) is 10.2 Å². The van der Waals surface area contributed by atoms with Crippen molar-refractivity contribution < 1.29 is 13.9 Å². The van der Waals surface area contributed by atoms with Crippen LogP contribution in [0.1, 0.15) is 5.89 Å². The molecule has 1 heterocycles. The summed E-state index contributed by atoms with van der Waals surface area (Å²) in [6.07, 6.45) is 0. The number of benzene rings is 2. The first-order valence-electron chi connectivity index (χ1n) is 8.18. The summed E-state index contributed by atoms with van der Waals surface area (Å²) in [6, 6.07) is 14.9. The predicted molar refractivity (Wildman–Crippen MR) is 99.6 cm³/mol. The van der Waals surface area contributed by atoms with Crippen molar-refractivity contribution >= 4 is 11.6 Å². The molecule has 0 aliphatic carbocycles. The number of hydrogen-bond acceptors (Lipinski definition) is 6. The van der Waals surface area contributed by atoms with Gasteiger partial charge in [0.05, 0.1) is 13.7 Å². The largest absolute Gasteiger partial charge is 0.493 e. The monoisotopic (exact) mass is 373 g/mol. The third kappa shape index (κ3) is 4.74. The highest BCUT2D eigenvalue weighted by atomic mass is 35.5. The van der Waals surface area contributed by atoms with Crippen molar-refractivity contribution in [3.8, 4) is 23.0 Å². The summed E-state index contributed by atoms with van der Waals surface area (Å²) in [5.74, 6) is 2.48. The Hall–Kier alpha value is -2.57. The van der Waals surface area contributed by atoms with Crippen LogP contribution in [0, 0.1) is 0 Å². The fourth-order valence-electron chi connectivity index (χ4n) is 2.39. The third-order valence-corrected chi connectivity index (χ3v) is 4.01. The molecule has 0 N–H and O–H groups in total. The Morgan fingerprint density at radius 2 is 1.77 bits per heavy atom. The number of likely N-dealkylation sites (N-methyl/N-ethyl adjacent to an activating group) is 1. The average Bonchev–Trinajstić information content (AvgIpc) is 3.11. The lowest BCUT2D eigenvalue weighted by Gasteiger charge is -2.15. The molecule has 0 fully saturated rings. The van der Waals surface area contributed by atoms with Crippen LogP contribution in [0.2, 0.25) is 5.02 Å². The van der Waals surface area contributed by atoms with Crippen LogP contribution in [0.4, 0.5) is 0 Å². The first-order chi connectivity index (χ1) is 12.7. The molecule has 26 heavy (non-hydrogen) atoms. The maximum Gasteiger partial charge on any atom is 0.247 e. The molecule has 6 nitrogen and oxygen atoms in total. The van der Waals surface area contributed by atoms with Crippen LogP contribution in [0.25, 0.3) is 11.5 Å². The zero-order chi connectivity index (χ0) is 18.4. The molecule has 0 atom stereocenters. The normalized spacial score (nSPS) is 10.9. The van der Waals surface area contributed by atoms with Crippen LogP contribution in [-0.2, 0) is 6.54 Å². The third-order valence-electron chi connectivity index (χ3n) is 3.76. The van der Waals surface area contributed by atoms with E-state index >= 15 is 0 Å². The number of aromatic nitrogens is 2. The van der Waals surface area contributed by atoms with Crippen LogP contribution in [0.5, 0.6) is 11.5 Å². The Kier molecular flexibility index (Phi) is 6.09. The van der Waals surface area contributed by atoms with Crippen molar-refractivity contribution in [3.63, 3.8) is 0 Å². The van der Waals surface area contributed by atoms with E-state index in [-0.39, 0.29) is 0 Å². The smallest absolute Gasteiger partial charge is 0.247 e. The van der Waals surface area contributed by atoms with Gasteiger partial charge in [0.15, 0.2) is 11.5 Å². The van der Waals surface area contributed by atoms with Gasteiger partial charge in [-0.3, -0.25) is 4.90 Å². The summed E-state index contributed by atoms with van der Waals surface area (Å²) < 4.78 is 16.8. The zero-order valence-corrected chi connectivity index (χ0v) is 15.4. The number of halogens is 1. The summed E-state index contributed by atoms with van der Waals surface area (Å²) in [7, 11) is 3.60. The van der Waals surface area contributed by atoms with Crippen LogP contribution >= 0.6 is 11.6 Å². The standard InChI is InChI=1S/C19H20ClN3O3/c1-23(11-12-25-17-6-4-3-5-16(17)24-2)13-18-21-22-19(26-18)14-7-9-15(20)10-8-14/h3-10H,11-13H2,1-2H3. The molecule has 1 aromatic heterocycles. The van der Waals surface area contributed by atoms with Gasteiger partial charge >= 0.3 is 0 Å². The number of ether oxygens (including phenoxy) is 2. The van der Waals surface area contributed by atoms with Crippen molar-refractivity contribution in [1.29, 1.82) is 0 Å². The van der Waals surface area contributed by atoms with E-state index in [9.17, 15) is 0 Å². The predicted octanol–water partition coefficient (Wildman–Crippen LogP) is 3.91. The first kappa shape index (κ1) is 18.2. The highest BCUT2D eigenvalue weighted by molar-refractivity contribution is 6.30. The van der Waals surface area contributed by atoms with Gasteiger partial charge in [0.25, 0.3) is 0 Å². The van der Waals surface area contributed by atoms with Crippen LogP contribution in [0.15, 0.2) is 52.9 Å². The average molecular weight is 374 g/mol. The van der Waals surface area contributed by atoms with Gasteiger partial charge in [0.2, 0.25) is 11.8 Å². The molecule has 0 saturated heterocycles. The van der Waals surface area contributed by atoms with Gasteiger partial charge in [-0.25, -0.2) is 0 Å². The molecule has 0 aliphatic rings. The summed E-state index contributed by atoms with van der Waals surface area (Å²) in [4.78, 5) is 2.05. The van der Waals surface area contributed by atoms with Crippen molar-refractivity contribution in [2.24, 2.45) is 0 Å². The maximum atomic E-state index is 5.89. The van der Waals surface area contributed by atoms with E-state index in [1.54, 1.807) is 19.2 Å². The number of para-hydroxylation sites is 2. The minimum Gasteiger partial charge on any atom is -0.493 e. The first-order valence-corrected chi connectivity index (χ1v) is 8.56. The summed E-state index contributed by atoms with van der Waals surface area (Å²) in [5, 5.41) is 8.85. The van der Waals surface area contributed by atoms with Crippen LogP contribution in [0.3, 0.4) is 0 Å². The Labute approximate surface area is 157 Å². The van der Waals surface area contributed by atoms with Crippen molar-refractivity contribution in [2.75, 3.05) is 27.3 Å². The number of nitrogens with zero attached hydrogens (tertiary/aromatic N) is 3. The van der Waals surface area contributed by atoms with E-state index in [0.29, 0.717) is 36.5 Å². The molecule has 0 spiro atoms. The lowest BCUT2D eigenvalue weighted by atomic mass is 10.2. The molecular formula is C19H20ClN3O3. The van der Waals surface area contributed by atoms with Gasteiger partial charge in [-0.05, 0) is 43.4 Å². The Morgan fingerprint density at radius 1 is 1.04 bits per heavy atom. The topological polar surface area (TPSA) is 60.6 Å². The van der Waals surface area contributed by atoms with Crippen molar-refractivity contribution in [1.82, 2.24) is 15.1 Å². The number of hydrogen-bond donors (Lipinski definition) is 0. The van der Waals surface area contributed by atoms with Gasteiger partial charge in [-0.1, -0.05) is 23.7 Å². The summed E-state index contributed by atoms with van der Waals surface area (Å²) >= 11 is 5.89. The van der Waals surface area contributed by atoms with E-state index in [4.69, 9.17) is 25.5 Å². The molecule has 136 valence electrons. The molecular weight excluding hydrogens is 354 g/mol. The molecule has 2 aromatic carbocycles. The fraction of sp³-hybridized carbons (Fsp3) is 0.263. The molecule has 0 amide bonds. The minimum absolute atomic E-state index is 0.482. The summed E-state index contributed by atoms with van der Waals surface area (Å²) in [6.45, 7) is 1.77. The molecule has 0 bridgehead atoms. The molecule has 3 aromatic rings. The second kappa shape index (κ2) is 8.69. The molecule has 0 unspecified atom stereocenters. The van der Waals surface area contributed by atoms with Crippen molar-refractivity contribution in [2.45, 2.75) is 6.54 Å².